The van der Waals surface area contributed by atoms with Gasteiger partial charge in [-0.2, -0.15) is 0 Å². The number of rotatable bonds is 6. The first-order chi connectivity index (χ1) is 14.3. The maximum atomic E-state index is 12.5. The molecule has 3 amide bonds. The average molecular weight is 431 g/mol. The SMILES string of the molecule is NC(=O)[C@H](Cc1ccccc1)NC(=O)C(=O)Nc1cc(Cl)ccc1N1CC[C@@H](O)C1. The second-order valence-electron chi connectivity index (χ2n) is 7.12. The van der Waals surface area contributed by atoms with Gasteiger partial charge in [-0.1, -0.05) is 41.9 Å². The number of aliphatic hydroxyl groups is 1. The molecule has 9 heteroatoms. The van der Waals surface area contributed by atoms with Crippen molar-refractivity contribution in [3.8, 4) is 0 Å². The summed E-state index contributed by atoms with van der Waals surface area (Å²) in [6, 6.07) is 12.9. The van der Waals surface area contributed by atoms with Crippen molar-refractivity contribution in [3.05, 3.63) is 59.1 Å². The number of benzene rings is 2. The Kier molecular flexibility index (Phi) is 6.91. The summed E-state index contributed by atoms with van der Waals surface area (Å²) < 4.78 is 0. The van der Waals surface area contributed by atoms with E-state index in [0.717, 1.165) is 5.56 Å². The molecule has 1 aliphatic rings. The molecule has 0 aliphatic carbocycles. The van der Waals surface area contributed by atoms with Crippen molar-refractivity contribution in [2.45, 2.75) is 25.0 Å². The molecule has 0 bridgehead atoms. The van der Waals surface area contributed by atoms with Crippen LogP contribution in [0, 0.1) is 0 Å². The first kappa shape index (κ1) is 21.6. The Labute approximate surface area is 179 Å². The molecule has 2 aromatic carbocycles. The van der Waals surface area contributed by atoms with Gasteiger partial charge in [0.15, 0.2) is 0 Å². The maximum absolute atomic E-state index is 12.5. The summed E-state index contributed by atoms with van der Waals surface area (Å²) in [5, 5.41) is 15.1. The normalized spacial score (nSPS) is 16.7. The van der Waals surface area contributed by atoms with Gasteiger partial charge in [0, 0.05) is 24.5 Å². The Morgan fingerprint density at radius 1 is 1.17 bits per heavy atom. The largest absolute Gasteiger partial charge is 0.391 e. The van der Waals surface area contributed by atoms with E-state index < -0.39 is 29.9 Å². The zero-order valence-electron chi connectivity index (χ0n) is 16.2. The molecule has 1 saturated heterocycles. The summed E-state index contributed by atoms with van der Waals surface area (Å²) >= 11 is 6.05. The van der Waals surface area contributed by atoms with E-state index in [1.807, 2.05) is 11.0 Å². The summed E-state index contributed by atoms with van der Waals surface area (Å²) in [7, 11) is 0. The van der Waals surface area contributed by atoms with Crippen LogP contribution in [0.15, 0.2) is 48.5 Å². The molecule has 1 aliphatic heterocycles. The van der Waals surface area contributed by atoms with Crippen molar-refractivity contribution in [2.24, 2.45) is 5.73 Å². The number of hydrogen-bond acceptors (Lipinski definition) is 5. The zero-order valence-corrected chi connectivity index (χ0v) is 16.9. The van der Waals surface area contributed by atoms with E-state index >= 15 is 0 Å². The molecule has 2 aromatic rings. The van der Waals surface area contributed by atoms with E-state index in [4.69, 9.17) is 17.3 Å². The van der Waals surface area contributed by atoms with Gasteiger partial charge in [-0.15, -0.1) is 0 Å². The van der Waals surface area contributed by atoms with Crippen molar-refractivity contribution in [1.29, 1.82) is 0 Å². The quantitative estimate of drug-likeness (QED) is 0.510. The third-order valence-corrected chi connectivity index (χ3v) is 5.08. The Bertz CT molecular complexity index is 938. The van der Waals surface area contributed by atoms with Crippen LogP contribution in [0.25, 0.3) is 0 Å². The van der Waals surface area contributed by atoms with E-state index in [-0.39, 0.29) is 6.42 Å². The van der Waals surface area contributed by atoms with Gasteiger partial charge in [0.2, 0.25) is 5.91 Å². The second kappa shape index (κ2) is 9.60. The van der Waals surface area contributed by atoms with Crippen LogP contribution in [0.1, 0.15) is 12.0 Å². The number of β-amino-alcohol motifs (C(OH)–C–C–N with tert-alkyl or cyclic N) is 1. The van der Waals surface area contributed by atoms with Gasteiger partial charge < -0.3 is 26.4 Å². The van der Waals surface area contributed by atoms with Crippen LogP contribution in [0.5, 0.6) is 0 Å². The average Bonchev–Trinajstić information content (AvgIpc) is 3.14. The summed E-state index contributed by atoms with van der Waals surface area (Å²) in [5.74, 6) is -2.67. The van der Waals surface area contributed by atoms with Gasteiger partial charge in [0.1, 0.15) is 6.04 Å². The molecule has 30 heavy (non-hydrogen) atoms. The Morgan fingerprint density at radius 3 is 2.53 bits per heavy atom. The highest BCUT2D eigenvalue weighted by atomic mass is 35.5. The number of carbonyl (C=O) groups excluding carboxylic acids is 3. The molecule has 0 spiro atoms. The summed E-state index contributed by atoms with van der Waals surface area (Å²) in [6.07, 6.45) is 0.321. The standard InChI is InChI=1S/C21H23ClN4O4/c22-14-6-7-18(26-9-8-15(27)12-26)16(11-14)24-20(29)21(30)25-17(19(23)28)10-13-4-2-1-3-5-13/h1-7,11,15,17,27H,8-10,12H2,(H2,23,28)(H,24,29)(H,25,30)/t15-,17+/m1/s1. The van der Waals surface area contributed by atoms with Crippen molar-refractivity contribution < 1.29 is 19.5 Å². The minimum atomic E-state index is -1.03. The topological polar surface area (TPSA) is 125 Å². The van der Waals surface area contributed by atoms with Gasteiger partial charge >= 0.3 is 11.8 Å². The van der Waals surface area contributed by atoms with Crippen molar-refractivity contribution in [3.63, 3.8) is 0 Å². The van der Waals surface area contributed by atoms with Gasteiger partial charge in [-0.05, 0) is 30.2 Å². The molecule has 1 fully saturated rings. The van der Waals surface area contributed by atoms with E-state index in [9.17, 15) is 19.5 Å². The van der Waals surface area contributed by atoms with E-state index in [0.29, 0.717) is 35.9 Å². The molecule has 0 radical (unpaired) electrons. The second-order valence-corrected chi connectivity index (χ2v) is 7.56. The number of amides is 3. The molecule has 2 atom stereocenters. The summed E-state index contributed by atoms with van der Waals surface area (Å²) in [5.41, 5.74) is 7.18. The Hall–Kier alpha value is -3.10. The number of halogens is 1. The molecule has 0 saturated carbocycles. The number of nitrogens with zero attached hydrogens (tertiary/aromatic N) is 1. The lowest BCUT2D eigenvalue weighted by atomic mass is 10.1. The lowest BCUT2D eigenvalue weighted by Gasteiger charge is -2.22. The van der Waals surface area contributed by atoms with Crippen LogP contribution >= 0.6 is 11.6 Å². The number of hydrogen-bond donors (Lipinski definition) is 4. The Morgan fingerprint density at radius 2 is 1.90 bits per heavy atom. The molecule has 0 unspecified atom stereocenters. The molecular formula is C21H23ClN4O4. The van der Waals surface area contributed by atoms with Gasteiger partial charge in [0.05, 0.1) is 17.5 Å². The first-order valence-corrected chi connectivity index (χ1v) is 9.89. The highest BCUT2D eigenvalue weighted by molar-refractivity contribution is 6.40. The molecule has 0 aromatic heterocycles. The maximum Gasteiger partial charge on any atom is 0.313 e. The van der Waals surface area contributed by atoms with Gasteiger partial charge in [-0.3, -0.25) is 14.4 Å². The third-order valence-electron chi connectivity index (χ3n) is 4.85. The smallest absolute Gasteiger partial charge is 0.313 e. The van der Waals surface area contributed by atoms with Gasteiger partial charge in [-0.25, -0.2) is 0 Å². The summed E-state index contributed by atoms with van der Waals surface area (Å²) in [4.78, 5) is 38.5. The van der Waals surface area contributed by atoms with Crippen LogP contribution < -0.4 is 21.3 Å². The fourth-order valence-corrected chi connectivity index (χ4v) is 3.49. The predicted molar refractivity (Wildman–Crippen MR) is 114 cm³/mol. The van der Waals surface area contributed by atoms with E-state index in [2.05, 4.69) is 10.6 Å². The number of nitrogens with two attached hydrogens (primary N) is 1. The molecule has 3 rings (SSSR count). The molecular weight excluding hydrogens is 408 g/mol. The summed E-state index contributed by atoms with van der Waals surface area (Å²) in [6.45, 7) is 1.02. The number of primary amides is 1. The van der Waals surface area contributed by atoms with Crippen LogP contribution in [0.3, 0.4) is 0 Å². The lowest BCUT2D eigenvalue weighted by Crippen LogP contribution is -2.49. The van der Waals surface area contributed by atoms with Crippen molar-refractivity contribution in [2.75, 3.05) is 23.3 Å². The fourth-order valence-electron chi connectivity index (χ4n) is 3.32. The van der Waals surface area contributed by atoms with Gasteiger partial charge in [0.25, 0.3) is 0 Å². The highest BCUT2D eigenvalue weighted by Gasteiger charge is 2.26. The molecule has 158 valence electrons. The predicted octanol–water partition coefficient (Wildman–Crippen LogP) is 1.06. The minimum absolute atomic E-state index is 0.170. The molecule has 1 heterocycles. The van der Waals surface area contributed by atoms with Crippen LogP contribution in [0.2, 0.25) is 5.02 Å². The minimum Gasteiger partial charge on any atom is -0.391 e. The number of aliphatic hydroxyl groups excluding tert-OH is 1. The lowest BCUT2D eigenvalue weighted by molar-refractivity contribution is -0.137. The van der Waals surface area contributed by atoms with Crippen molar-refractivity contribution >= 4 is 40.7 Å². The number of nitrogens with one attached hydrogen (secondary N) is 2. The van der Waals surface area contributed by atoms with E-state index in [1.54, 1.807) is 36.4 Å². The molecule has 5 N–H and O–H groups in total. The van der Waals surface area contributed by atoms with Crippen LogP contribution in [-0.4, -0.2) is 48.1 Å². The van der Waals surface area contributed by atoms with Crippen LogP contribution in [0.4, 0.5) is 11.4 Å². The fraction of sp³-hybridized carbons (Fsp3) is 0.286. The highest BCUT2D eigenvalue weighted by Crippen LogP contribution is 2.31. The molecule has 8 nitrogen and oxygen atoms in total. The zero-order chi connectivity index (χ0) is 21.7. The first-order valence-electron chi connectivity index (χ1n) is 9.51. The number of carbonyl (C=O) groups is 3. The number of anilines is 2. The van der Waals surface area contributed by atoms with Crippen LogP contribution in [-0.2, 0) is 20.8 Å². The third kappa shape index (κ3) is 5.49. The van der Waals surface area contributed by atoms with E-state index in [1.165, 1.54) is 6.07 Å². The monoisotopic (exact) mass is 430 g/mol. The Balaban J connectivity index is 1.70. The van der Waals surface area contributed by atoms with Crippen molar-refractivity contribution in [1.82, 2.24) is 5.32 Å².